The largest absolute Gasteiger partial charge is 0.352 e. The zero-order valence-electron chi connectivity index (χ0n) is 18.1. The van der Waals surface area contributed by atoms with E-state index in [9.17, 15) is 4.39 Å². The van der Waals surface area contributed by atoms with Crippen LogP contribution in [-0.4, -0.2) is 62.6 Å². The second-order valence-corrected chi connectivity index (χ2v) is 8.63. The SMILES string of the molecule is CN=C(NCc1ccc(F)c(CN(C)C)c1)NC1CCN(CC2CCCC2)C1.I. The van der Waals surface area contributed by atoms with Crippen molar-refractivity contribution in [2.75, 3.05) is 40.8 Å². The third-order valence-electron chi connectivity index (χ3n) is 5.88. The average Bonchev–Trinajstić information content (AvgIpc) is 3.33. The second-order valence-electron chi connectivity index (χ2n) is 8.63. The van der Waals surface area contributed by atoms with Gasteiger partial charge in [-0.2, -0.15) is 0 Å². The number of guanidine groups is 1. The van der Waals surface area contributed by atoms with Crippen molar-refractivity contribution in [1.82, 2.24) is 20.4 Å². The van der Waals surface area contributed by atoms with E-state index < -0.39 is 0 Å². The van der Waals surface area contributed by atoms with Crippen LogP contribution >= 0.6 is 24.0 Å². The molecule has 1 unspecified atom stereocenters. The second kappa shape index (κ2) is 12.1. The van der Waals surface area contributed by atoms with E-state index in [1.165, 1.54) is 38.8 Å². The number of nitrogens with zero attached hydrogens (tertiary/aromatic N) is 3. The maximum absolute atomic E-state index is 14.0. The predicted octanol–water partition coefficient (Wildman–Crippen LogP) is 3.43. The van der Waals surface area contributed by atoms with Crippen molar-refractivity contribution in [1.29, 1.82) is 0 Å². The number of nitrogens with one attached hydrogen (secondary N) is 2. The highest BCUT2D eigenvalue weighted by molar-refractivity contribution is 14.0. The van der Waals surface area contributed by atoms with Crippen LogP contribution in [0.4, 0.5) is 4.39 Å². The average molecular weight is 517 g/mol. The van der Waals surface area contributed by atoms with E-state index in [0.29, 0.717) is 19.1 Å². The number of halogens is 2. The molecule has 0 aromatic heterocycles. The molecule has 5 nitrogen and oxygen atoms in total. The Balaban J connectivity index is 0.00000300. The number of hydrogen-bond acceptors (Lipinski definition) is 3. The van der Waals surface area contributed by atoms with Gasteiger partial charge in [0.1, 0.15) is 5.82 Å². The summed E-state index contributed by atoms with van der Waals surface area (Å²) >= 11 is 0. The van der Waals surface area contributed by atoms with Gasteiger partial charge in [-0.25, -0.2) is 4.39 Å². The first-order valence-electron chi connectivity index (χ1n) is 10.6. The molecule has 1 saturated carbocycles. The van der Waals surface area contributed by atoms with Crippen LogP contribution in [0.15, 0.2) is 23.2 Å². The Labute approximate surface area is 192 Å². The van der Waals surface area contributed by atoms with Crippen LogP contribution in [0.25, 0.3) is 0 Å². The van der Waals surface area contributed by atoms with E-state index in [4.69, 9.17) is 0 Å². The van der Waals surface area contributed by atoms with E-state index in [2.05, 4.69) is 20.5 Å². The molecule has 2 N–H and O–H groups in total. The smallest absolute Gasteiger partial charge is 0.191 e. The molecule has 0 amide bonds. The van der Waals surface area contributed by atoms with Gasteiger partial charge in [0.15, 0.2) is 5.96 Å². The maximum atomic E-state index is 14.0. The first kappa shape index (κ1) is 24.3. The Morgan fingerprint density at radius 3 is 2.69 bits per heavy atom. The van der Waals surface area contributed by atoms with Crippen molar-refractivity contribution in [2.24, 2.45) is 10.9 Å². The van der Waals surface area contributed by atoms with Gasteiger partial charge in [0.2, 0.25) is 0 Å². The monoisotopic (exact) mass is 517 g/mol. The number of rotatable bonds is 7. The molecule has 1 aromatic carbocycles. The zero-order valence-corrected chi connectivity index (χ0v) is 20.4. The van der Waals surface area contributed by atoms with E-state index in [1.54, 1.807) is 6.07 Å². The summed E-state index contributed by atoms with van der Waals surface area (Å²) in [5.74, 6) is 1.59. The quantitative estimate of drug-likeness (QED) is 0.331. The number of benzene rings is 1. The fourth-order valence-corrected chi connectivity index (χ4v) is 4.45. The zero-order chi connectivity index (χ0) is 19.9. The van der Waals surface area contributed by atoms with Crippen LogP contribution in [0.3, 0.4) is 0 Å². The van der Waals surface area contributed by atoms with E-state index in [0.717, 1.165) is 36.0 Å². The van der Waals surface area contributed by atoms with Crippen molar-refractivity contribution in [3.8, 4) is 0 Å². The summed E-state index contributed by atoms with van der Waals surface area (Å²) < 4.78 is 14.0. The van der Waals surface area contributed by atoms with Gasteiger partial charge in [-0.05, 0) is 57.0 Å². The fourth-order valence-electron chi connectivity index (χ4n) is 4.45. The Morgan fingerprint density at radius 1 is 1.24 bits per heavy atom. The van der Waals surface area contributed by atoms with Crippen molar-refractivity contribution < 1.29 is 4.39 Å². The molecule has 29 heavy (non-hydrogen) atoms. The molecular formula is C22H37FIN5. The molecular weight excluding hydrogens is 480 g/mol. The molecule has 2 fully saturated rings. The minimum atomic E-state index is -0.145. The molecule has 0 radical (unpaired) electrons. The number of hydrogen-bond donors (Lipinski definition) is 2. The number of aliphatic imine (C=N–C) groups is 1. The molecule has 164 valence electrons. The lowest BCUT2D eigenvalue weighted by Crippen LogP contribution is -2.44. The van der Waals surface area contributed by atoms with Crippen LogP contribution in [0.1, 0.15) is 43.2 Å². The van der Waals surface area contributed by atoms with Gasteiger partial charge in [0.05, 0.1) is 0 Å². The first-order valence-corrected chi connectivity index (χ1v) is 10.6. The standard InChI is InChI=1S/C22H36FN5.HI/c1-24-22(25-13-18-8-9-21(23)19(12-18)15-27(2)3)26-20-10-11-28(16-20)14-17-6-4-5-7-17;/h8-9,12,17,20H,4-7,10-11,13-16H2,1-3H3,(H2,24,25,26);1H. The normalized spacial score (nSPS) is 20.9. The summed E-state index contributed by atoms with van der Waals surface area (Å²) in [5, 5.41) is 6.95. The Kier molecular flexibility index (Phi) is 10.1. The van der Waals surface area contributed by atoms with Crippen molar-refractivity contribution in [3.05, 3.63) is 35.1 Å². The molecule has 0 spiro atoms. The van der Waals surface area contributed by atoms with Crippen LogP contribution < -0.4 is 10.6 Å². The summed E-state index contributed by atoms with van der Waals surface area (Å²) in [6.45, 7) is 4.77. The third kappa shape index (κ3) is 7.68. The van der Waals surface area contributed by atoms with Gasteiger partial charge < -0.3 is 20.4 Å². The van der Waals surface area contributed by atoms with Gasteiger partial charge in [0.25, 0.3) is 0 Å². The molecule has 1 heterocycles. The summed E-state index contributed by atoms with van der Waals surface area (Å²) in [5.41, 5.74) is 1.79. The highest BCUT2D eigenvalue weighted by Gasteiger charge is 2.26. The molecule has 0 bridgehead atoms. The van der Waals surface area contributed by atoms with E-state index >= 15 is 0 Å². The third-order valence-corrected chi connectivity index (χ3v) is 5.88. The molecule has 1 saturated heterocycles. The molecule has 7 heteroatoms. The highest BCUT2D eigenvalue weighted by Crippen LogP contribution is 2.26. The summed E-state index contributed by atoms with van der Waals surface area (Å²) in [6, 6.07) is 5.79. The molecule has 1 aromatic rings. The van der Waals surface area contributed by atoms with Gasteiger partial charge >= 0.3 is 0 Å². The first-order chi connectivity index (χ1) is 13.5. The lowest BCUT2D eigenvalue weighted by Gasteiger charge is -2.21. The molecule has 1 aliphatic heterocycles. The van der Waals surface area contributed by atoms with Gasteiger partial charge in [0, 0.05) is 51.4 Å². The number of likely N-dealkylation sites (tertiary alicyclic amines) is 1. The Bertz CT molecular complexity index is 661. The fraction of sp³-hybridized carbons (Fsp3) is 0.682. The molecule has 3 rings (SSSR count). The van der Waals surface area contributed by atoms with Gasteiger partial charge in [-0.15, -0.1) is 24.0 Å². The Hall–Kier alpha value is -0.930. The lowest BCUT2D eigenvalue weighted by molar-refractivity contribution is 0.275. The molecule has 2 aliphatic rings. The van der Waals surface area contributed by atoms with Crippen molar-refractivity contribution in [2.45, 2.75) is 51.2 Å². The highest BCUT2D eigenvalue weighted by atomic mass is 127. The predicted molar refractivity (Wildman–Crippen MR) is 129 cm³/mol. The van der Waals surface area contributed by atoms with E-state index in [1.807, 2.05) is 38.2 Å². The lowest BCUT2D eigenvalue weighted by atomic mass is 10.1. The minimum absolute atomic E-state index is 0. The van der Waals surface area contributed by atoms with Crippen LogP contribution in [0.5, 0.6) is 0 Å². The van der Waals surface area contributed by atoms with Crippen LogP contribution in [0.2, 0.25) is 0 Å². The topological polar surface area (TPSA) is 42.9 Å². The van der Waals surface area contributed by atoms with Crippen LogP contribution in [0, 0.1) is 11.7 Å². The van der Waals surface area contributed by atoms with Crippen LogP contribution in [-0.2, 0) is 13.1 Å². The van der Waals surface area contributed by atoms with Gasteiger partial charge in [-0.3, -0.25) is 4.99 Å². The summed E-state index contributed by atoms with van der Waals surface area (Å²) in [7, 11) is 5.71. The van der Waals surface area contributed by atoms with Crippen molar-refractivity contribution in [3.63, 3.8) is 0 Å². The van der Waals surface area contributed by atoms with Gasteiger partial charge in [-0.1, -0.05) is 18.9 Å². The summed E-state index contributed by atoms with van der Waals surface area (Å²) in [6.07, 6.45) is 6.81. The minimum Gasteiger partial charge on any atom is -0.352 e. The Morgan fingerprint density at radius 2 is 2.00 bits per heavy atom. The maximum Gasteiger partial charge on any atom is 0.191 e. The molecule has 1 atom stereocenters. The summed E-state index contributed by atoms with van der Waals surface area (Å²) in [4.78, 5) is 8.96. The molecule has 1 aliphatic carbocycles. The van der Waals surface area contributed by atoms with E-state index in [-0.39, 0.29) is 29.8 Å². The van der Waals surface area contributed by atoms with Crippen molar-refractivity contribution >= 4 is 29.9 Å².